The zero-order valence-corrected chi connectivity index (χ0v) is 17.2. The van der Waals surface area contributed by atoms with Crippen molar-refractivity contribution in [2.24, 2.45) is 13.0 Å². The molecule has 0 radical (unpaired) electrons. The molecule has 1 saturated carbocycles. The molecule has 0 atom stereocenters. The maximum Gasteiger partial charge on any atom is 0.223 e. The lowest BCUT2D eigenvalue weighted by molar-refractivity contribution is -0.139. The summed E-state index contributed by atoms with van der Waals surface area (Å²) in [4.78, 5) is 28.9. The van der Waals surface area contributed by atoms with Gasteiger partial charge >= 0.3 is 0 Å². The maximum atomic E-state index is 12.6. The first-order chi connectivity index (χ1) is 13.0. The molecule has 0 N–H and O–H groups in total. The molecule has 3 rings (SSSR count). The molecule has 0 spiro atoms. The Morgan fingerprint density at radius 2 is 1.52 bits per heavy atom. The largest absolute Gasteiger partial charge is 0.339 e. The topological polar surface area (TPSA) is 58.4 Å². The summed E-state index contributed by atoms with van der Waals surface area (Å²) in [6, 6.07) is 0. The van der Waals surface area contributed by atoms with Crippen molar-refractivity contribution in [1.82, 2.24) is 19.6 Å². The van der Waals surface area contributed by atoms with Crippen molar-refractivity contribution in [3.63, 3.8) is 0 Å². The molecule has 150 valence electrons. The number of amides is 2. The zero-order chi connectivity index (χ0) is 19.4. The molecule has 1 saturated heterocycles. The van der Waals surface area contributed by atoms with Crippen molar-refractivity contribution < 1.29 is 9.59 Å². The highest BCUT2D eigenvalue weighted by molar-refractivity contribution is 5.78. The highest BCUT2D eigenvalue weighted by Crippen LogP contribution is 2.28. The molecule has 2 amide bonds. The van der Waals surface area contributed by atoms with Crippen LogP contribution in [0.15, 0.2) is 0 Å². The average Bonchev–Trinajstić information content (AvgIpc) is 3.27. The molecular formula is C21H34N4O2. The van der Waals surface area contributed by atoms with Crippen LogP contribution >= 0.6 is 0 Å². The van der Waals surface area contributed by atoms with E-state index in [0.717, 1.165) is 30.1 Å². The molecule has 0 bridgehead atoms. The van der Waals surface area contributed by atoms with Crippen molar-refractivity contribution in [3.8, 4) is 0 Å². The fourth-order valence-electron chi connectivity index (χ4n) is 4.56. The third kappa shape index (κ3) is 4.90. The molecule has 2 fully saturated rings. The molecule has 2 aliphatic rings. The van der Waals surface area contributed by atoms with E-state index in [4.69, 9.17) is 0 Å². The van der Waals surface area contributed by atoms with E-state index < -0.39 is 0 Å². The predicted octanol–water partition coefficient (Wildman–Crippen LogP) is 2.61. The molecule has 27 heavy (non-hydrogen) atoms. The van der Waals surface area contributed by atoms with Crippen LogP contribution in [0.2, 0.25) is 0 Å². The van der Waals surface area contributed by atoms with Crippen LogP contribution in [0.5, 0.6) is 0 Å². The number of nitrogens with zero attached hydrogens (tertiary/aromatic N) is 4. The number of aryl methyl sites for hydroxylation is 2. The fraction of sp³-hybridized carbons (Fsp3) is 0.762. The summed E-state index contributed by atoms with van der Waals surface area (Å²) in [5, 5.41) is 4.42. The van der Waals surface area contributed by atoms with Crippen LogP contribution in [0.1, 0.15) is 61.9 Å². The first-order valence-corrected chi connectivity index (χ1v) is 10.5. The van der Waals surface area contributed by atoms with Gasteiger partial charge in [0, 0.05) is 51.8 Å². The minimum absolute atomic E-state index is 0.190. The van der Waals surface area contributed by atoms with Crippen LogP contribution in [0.4, 0.5) is 0 Å². The molecule has 0 unspecified atom stereocenters. The standard InChI is InChI=1S/C21H34N4O2/c1-16-19(17(2)23(3)22-16)9-11-21(27)25-14-12-24(13-15-25)20(26)10-8-18-6-4-5-7-18/h18H,4-15H2,1-3H3. The summed E-state index contributed by atoms with van der Waals surface area (Å²) < 4.78 is 1.88. The van der Waals surface area contributed by atoms with E-state index in [1.54, 1.807) is 0 Å². The predicted molar refractivity (Wildman–Crippen MR) is 105 cm³/mol. The third-order valence-corrected chi connectivity index (χ3v) is 6.47. The molecule has 6 heteroatoms. The summed E-state index contributed by atoms with van der Waals surface area (Å²) in [5.74, 6) is 1.22. The number of carbonyl (C=O) groups excluding carboxylic acids is 2. The Hall–Kier alpha value is -1.85. The van der Waals surface area contributed by atoms with Gasteiger partial charge in [-0.05, 0) is 38.2 Å². The van der Waals surface area contributed by atoms with Crippen molar-refractivity contribution >= 4 is 11.8 Å². The summed E-state index contributed by atoms with van der Waals surface area (Å²) in [6.45, 7) is 6.75. The number of rotatable bonds is 6. The van der Waals surface area contributed by atoms with Crippen LogP contribution in [-0.2, 0) is 23.1 Å². The van der Waals surface area contributed by atoms with Gasteiger partial charge < -0.3 is 9.80 Å². The molecular weight excluding hydrogens is 340 g/mol. The molecule has 1 aromatic rings. The van der Waals surface area contributed by atoms with Gasteiger partial charge in [0.05, 0.1) is 5.69 Å². The summed E-state index contributed by atoms with van der Waals surface area (Å²) in [6.07, 6.45) is 8.24. The fourth-order valence-corrected chi connectivity index (χ4v) is 4.56. The second kappa shape index (κ2) is 8.89. The number of hydrogen-bond donors (Lipinski definition) is 0. The Kier molecular flexibility index (Phi) is 6.55. The van der Waals surface area contributed by atoms with Gasteiger partial charge in [-0.25, -0.2) is 0 Å². The van der Waals surface area contributed by atoms with Gasteiger partial charge in [0.2, 0.25) is 11.8 Å². The molecule has 0 aromatic carbocycles. The van der Waals surface area contributed by atoms with E-state index in [1.807, 2.05) is 28.5 Å². The second-order valence-electron chi connectivity index (χ2n) is 8.22. The lowest BCUT2D eigenvalue weighted by Gasteiger charge is -2.35. The van der Waals surface area contributed by atoms with Crippen molar-refractivity contribution in [3.05, 3.63) is 17.0 Å². The van der Waals surface area contributed by atoms with Crippen LogP contribution in [0.25, 0.3) is 0 Å². The molecule has 1 aromatic heterocycles. The third-order valence-electron chi connectivity index (χ3n) is 6.47. The highest BCUT2D eigenvalue weighted by Gasteiger charge is 2.25. The van der Waals surface area contributed by atoms with E-state index in [2.05, 4.69) is 12.0 Å². The monoisotopic (exact) mass is 374 g/mol. The lowest BCUT2D eigenvalue weighted by atomic mass is 10.0. The Morgan fingerprint density at radius 1 is 0.963 bits per heavy atom. The first kappa shape index (κ1) is 19.9. The average molecular weight is 375 g/mol. The first-order valence-electron chi connectivity index (χ1n) is 10.5. The van der Waals surface area contributed by atoms with E-state index in [1.165, 1.54) is 31.2 Å². The Bertz CT molecular complexity index is 668. The minimum Gasteiger partial charge on any atom is -0.339 e. The normalized spacial score (nSPS) is 18.3. The summed E-state index contributed by atoms with van der Waals surface area (Å²) >= 11 is 0. The van der Waals surface area contributed by atoms with Crippen LogP contribution < -0.4 is 0 Å². The number of aromatic nitrogens is 2. The van der Waals surface area contributed by atoms with Crippen LogP contribution in [0.3, 0.4) is 0 Å². The molecule has 1 aliphatic heterocycles. The number of piperazine rings is 1. The van der Waals surface area contributed by atoms with Crippen molar-refractivity contribution in [2.75, 3.05) is 26.2 Å². The highest BCUT2D eigenvalue weighted by atomic mass is 16.2. The summed E-state index contributed by atoms with van der Waals surface area (Å²) in [7, 11) is 1.94. The van der Waals surface area contributed by atoms with Gasteiger partial charge in [0.1, 0.15) is 0 Å². The van der Waals surface area contributed by atoms with Gasteiger partial charge in [0.25, 0.3) is 0 Å². The van der Waals surface area contributed by atoms with E-state index in [-0.39, 0.29) is 11.8 Å². The number of hydrogen-bond acceptors (Lipinski definition) is 3. The Balaban J connectivity index is 1.40. The summed E-state index contributed by atoms with van der Waals surface area (Å²) in [5.41, 5.74) is 3.34. The molecule has 2 heterocycles. The van der Waals surface area contributed by atoms with Gasteiger partial charge in [-0.3, -0.25) is 14.3 Å². The number of carbonyl (C=O) groups is 2. The van der Waals surface area contributed by atoms with Crippen molar-refractivity contribution in [2.45, 2.75) is 65.2 Å². The Morgan fingerprint density at radius 3 is 2.04 bits per heavy atom. The van der Waals surface area contributed by atoms with Crippen LogP contribution in [-0.4, -0.2) is 57.6 Å². The van der Waals surface area contributed by atoms with Gasteiger partial charge in [-0.1, -0.05) is 25.7 Å². The minimum atomic E-state index is 0.190. The lowest BCUT2D eigenvalue weighted by Crippen LogP contribution is -2.50. The zero-order valence-electron chi connectivity index (χ0n) is 17.2. The molecule has 6 nitrogen and oxygen atoms in total. The quantitative estimate of drug-likeness (QED) is 0.769. The van der Waals surface area contributed by atoms with Gasteiger partial charge in [-0.2, -0.15) is 5.10 Å². The maximum absolute atomic E-state index is 12.6. The van der Waals surface area contributed by atoms with Crippen LogP contribution in [0, 0.1) is 19.8 Å². The second-order valence-corrected chi connectivity index (χ2v) is 8.22. The SMILES string of the molecule is Cc1nn(C)c(C)c1CCC(=O)N1CCN(C(=O)CCC2CCCC2)CC1. The van der Waals surface area contributed by atoms with Crippen molar-refractivity contribution in [1.29, 1.82) is 0 Å². The smallest absolute Gasteiger partial charge is 0.223 e. The van der Waals surface area contributed by atoms with E-state index in [0.29, 0.717) is 39.0 Å². The van der Waals surface area contributed by atoms with Gasteiger partial charge in [-0.15, -0.1) is 0 Å². The van der Waals surface area contributed by atoms with E-state index in [9.17, 15) is 9.59 Å². The Labute approximate surface area is 162 Å². The molecule has 1 aliphatic carbocycles. The van der Waals surface area contributed by atoms with Gasteiger partial charge in [0.15, 0.2) is 0 Å². The van der Waals surface area contributed by atoms with E-state index >= 15 is 0 Å².